The Kier molecular flexibility index (Phi) is 7.16. The summed E-state index contributed by atoms with van der Waals surface area (Å²) in [5.41, 5.74) is 0. The van der Waals surface area contributed by atoms with Crippen LogP contribution in [0.2, 0.25) is 0 Å². The number of halogens is 1. The van der Waals surface area contributed by atoms with Gasteiger partial charge in [0.05, 0.1) is 0 Å². The molecule has 0 aromatic carbocycles. The predicted octanol–water partition coefficient (Wildman–Crippen LogP) is 3.24. The molecule has 1 aromatic rings. The van der Waals surface area contributed by atoms with Crippen LogP contribution in [0.15, 0.2) is 21.2 Å². The van der Waals surface area contributed by atoms with Crippen LogP contribution in [0.3, 0.4) is 0 Å². The lowest BCUT2D eigenvalue weighted by Gasteiger charge is -2.22. The number of carbonyl (C=O) groups is 1. The van der Waals surface area contributed by atoms with E-state index in [9.17, 15) is 4.79 Å². The summed E-state index contributed by atoms with van der Waals surface area (Å²) in [5.74, 6) is 0.365. The van der Waals surface area contributed by atoms with Gasteiger partial charge >= 0.3 is 0 Å². The van der Waals surface area contributed by atoms with Crippen LogP contribution in [0.5, 0.6) is 0 Å². The molecule has 19 heavy (non-hydrogen) atoms. The predicted molar refractivity (Wildman–Crippen MR) is 80.4 cm³/mol. The number of nitrogens with zero attached hydrogens (tertiary/aromatic N) is 2. The SMILES string of the molecule is CCN(CC)CCCN(CC)C(=O)c1ccc(Br)o1. The van der Waals surface area contributed by atoms with Crippen LogP contribution in [0.4, 0.5) is 0 Å². The zero-order chi connectivity index (χ0) is 14.3. The van der Waals surface area contributed by atoms with Crippen LogP contribution in [-0.4, -0.2) is 48.4 Å². The van der Waals surface area contributed by atoms with Crippen molar-refractivity contribution in [2.75, 3.05) is 32.7 Å². The van der Waals surface area contributed by atoms with E-state index in [1.165, 1.54) is 0 Å². The molecular weight excluding hydrogens is 308 g/mol. The molecule has 0 saturated heterocycles. The molecule has 1 aromatic heterocycles. The van der Waals surface area contributed by atoms with E-state index in [0.717, 1.165) is 32.6 Å². The molecule has 4 nitrogen and oxygen atoms in total. The minimum atomic E-state index is -0.0345. The number of carbonyl (C=O) groups excluding carboxylic acids is 1. The zero-order valence-electron chi connectivity index (χ0n) is 12.0. The van der Waals surface area contributed by atoms with Crippen LogP contribution >= 0.6 is 15.9 Å². The minimum Gasteiger partial charge on any atom is -0.444 e. The summed E-state index contributed by atoms with van der Waals surface area (Å²) >= 11 is 3.22. The van der Waals surface area contributed by atoms with E-state index in [1.807, 2.05) is 11.8 Å². The normalized spacial score (nSPS) is 11.0. The Balaban J connectivity index is 2.47. The molecule has 0 saturated carbocycles. The van der Waals surface area contributed by atoms with Gasteiger partial charge in [-0.25, -0.2) is 0 Å². The van der Waals surface area contributed by atoms with E-state index in [4.69, 9.17) is 4.42 Å². The Morgan fingerprint density at radius 3 is 2.32 bits per heavy atom. The summed E-state index contributed by atoms with van der Waals surface area (Å²) in [7, 11) is 0. The number of amides is 1. The summed E-state index contributed by atoms with van der Waals surface area (Å²) in [6, 6.07) is 3.45. The van der Waals surface area contributed by atoms with Gasteiger partial charge in [-0.1, -0.05) is 13.8 Å². The second-order valence-electron chi connectivity index (χ2n) is 4.37. The van der Waals surface area contributed by atoms with Gasteiger partial charge in [0.1, 0.15) is 0 Å². The molecule has 0 radical (unpaired) electrons. The fourth-order valence-electron chi connectivity index (χ4n) is 2.01. The summed E-state index contributed by atoms with van der Waals surface area (Å²) < 4.78 is 5.91. The smallest absolute Gasteiger partial charge is 0.289 e. The van der Waals surface area contributed by atoms with Crippen LogP contribution < -0.4 is 0 Å². The highest BCUT2D eigenvalue weighted by molar-refractivity contribution is 9.10. The largest absolute Gasteiger partial charge is 0.444 e. The topological polar surface area (TPSA) is 36.7 Å². The fraction of sp³-hybridized carbons (Fsp3) is 0.643. The second-order valence-corrected chi connectivity index (χ2v) is 5.15. The Morgan fingerprint density at radius 2 is 1.84 bits per heavy atom. The van der Waals surface area contributed by atoms with Crippen molar-refractivity contribution in [3.8, 4) is 0 Å². The average Bonchev–Trinajstić information content (AvgIpc) is 2.85. The Labute approximate surface area is 123 Å². The highest BCUT2D eigenvalue weighted by Gasteiger charge is 2.17. The van der Waals surface area contributed by atoms with Crippen LogP contribution in [0.25, 0.3) is 0 Å². The highest BCUT2D eigenvalue weighted by atomic mass is 79.9. The maximum Gasteiger partial charge on any atom is 0.289 e. The lowest BCUT2D eigenvalue weighted by Crippen LogP contribution is -2.34. The van der Waals surface area contributed by atoms with Crippen LogP contribution in [-0.2, 0) is 0 Å². The third kappa shape index (κ3) is 4.99. The number of furan rings is 1. The lowest BCUT2D eigenvalue weighted by atomic mass is 10.3. The molecule has 0 unspecified atom stereocenters. The molecule has 0 spiro atoms. The van der Waals surface area contributed by atoms with Crippen molar-refractivity contribution < 1.29 is 9.21 Å². The third-order valence-electron chi connectivity index (χ3n) is 3.25. The van der Waals surface area contributed by atoms with Gasteiger partial charge in [-0.3, -0.25) is 4.79 Å². The number of hydrogen-bond acceptors (Lipinski definition) is 3. The first-order valence-corrected chi connectivity index (χ1v) is 7.68. The Bertz CT molecular complexity index is 389. The summed E-state index contributed by atoms with van der Waals surface area (Å²) in [5, 5.41) is 0. The molecule has 1 amide bonds. The molecule has 108 valence electrons. The molecule has 0 atom stereocenters. The molecule has 0 fully saturated rings. The highest BCUT2D eigenvalue weighted by Crippen LogP contribution is 2.15. The van der Waals surface area contributed by atoms with Gasteiger partial charge in [0, 0.05) is 13.1 Å². The molecule has 5 heteroatoms. The molecular formula is C14H23BrN2O2. The Hall–Kier alpha value is -0.810. The monoisotopic (exact) mass is 330 g/mol. The standard InChI is InChI=1S/C14H23BrN2O2/c1-4-16(5-2)10-7-11-17(6-3)14(18)12-8-9-13(15)19-12/h8-9H,4-7,10-11H2,1-3H3. The van der Waals surface area contributed by atoms with E-state index in [2.05, 4.69) is 34.7 Å². The maximum atomic E-state index is 12.2. The quantitative estimate of drug-likeness (QED) is 0.734. The van der Waals surface area contributed by atoms with Gasteiger partial charge in [0.15, 0.2) is 10.4 Å². The molecule has 0 aliphatic carbocycles. The first-order chi connectivity index (χ1) is 9.12. The zero-order valence-corrected chi connectivity index (χ0v) is 13.6. The lowest BCUT2D eigenvalue weighted by molar-refractivity contribution is 0.0724. The molecule has 1 rings (SSSR count). The van der Waals surface area contributed by atoms with Crippen molar-refractivity contribution in [2.45, 2.75) is 27.2 Å². The van der Waals surface area contributed by atoms with Gasteiger partial charge in [0.25, 0.3) is 5.91 Å². The third-order valence-corrected chi connectivity index (χ3v) is 3.68. The first kappa shape index (κ1) is 16.2. The first-order valence-electron chi connectivity index (χ1n) is 6.89. The van der Waals surface area contributed by atoms with E-state index < -0.39 is 0 Å². The van der Waals surface area contributed by atoms with Crippen molar-refractivity contribution in [2.24, 2.45) is 0 Å². The van der Waals surface area contributed by atoms with Gasteiger partial charge in [-0.05, 0) is 61.0 Å². The van der Waals surface area contributed by atoms with Crippen molar-refractivity contribution in [3.05, 3.63) is 22.6 Å². The van der Waals surface area contributed by atoms with Crippen LogP contribution in [0.1, 0.15) is 37.7 Å². The van der Waals surface area contributed by atoms with Crippen molar-refractivity contribution >= 4 is 21.8 Å². The number of rotatable bonds is 8. The number of hydrogen-bond donors (Lipinski definition) is 0. The summed E-state index contributed by atoms with van der Waals surface area (Å²) in [6.45, 7) is 10.9. The summed E-state index contributed by atoms with van der Waals surface area (Å²) in [6.07, 6.45) is 0.989. The minimum absolute atomic E-state index is 0.0345. The average molecular weight is 331 g/mol. The van der Waals surface area contributed by atoms with Crippen molar-refractivity contribution in [1.82, 2.24) is 9.80 Å². The molecule has 0 aliphatic heterocycles. The van der Waals surface area contributed by atoms with E-state index in [0.29, 0.717) is 17.0 Å². The fourth-order valence-corrected chi connectivity index (χ4v) is 2.32. The van der Waals surface area contributed by atoms with Crippen LogP contribution in [0, 0.1) is 0 Å². The molecule has 0 bridgehead atoms. The van der Waals surface area contributed by atoms with Gasteiger partial charge in [0.2, 0.25) is 0 Å². The van der Waals surface area contributed by atoms with Gasteiger partial charge in [-0.2, -0.15) is 0 Å². The van der Waals surface area contributed by atoms with E-state index >= 15 is 0 Å². The van der Waals surface area contributed by atoms with E-state index in [1.54, 1.807) is 12.1 Å². The van der Waals surface area contributed by atoms with Crippen molar-refractivity contribution in [1.29, 1.82) is 0 Å². The van der Waals surface area contributed by atoms with Gasteiger partial charge in [-0.15, -0.1) is 0 Å². The maximum absolute atomic E-state index is 12.2. The molecule has 0 aliphatic rings. The Morgan fingerprint density at radius 1 is 1.16 bits per heavy atom. The second kappa shape index (κ2) is 8.38. The van der Waals surface area contributed by atoms with E-state index in [-0.39, 0.29) is 5.91 Å². The molecule has 1 heterocycles. The summed E-state index contributed by atoms with van der Waals surface area (Å²) in [4.78, 5) is 16.4. The van der Waals surface area contributed by atoms with Gasteiger partial charge < -0.3 is 14.2 Å². The van der Waals surface area contributed by atoms with Crippen molar-refractivity contribution in [3.63, 3.8) is 0 Å². The molecule has 0 N–H and O–H groups in total.